The van der Waals surface area contributed by atoms with Gasteiger partial charge in [-0.1, -0.05) is 37.4 Å². The number of amides is 1. The first-order valence-electron chi connectivity index (χ1n) is 9.23. The van der Waals surface area contributed by atoms with E-state index in [4.69, 9.17) is 9.40 Å². The third-order valence-electron chi connectivity index (χ3n) is 4.60. The molecule has 0 aliphatic heterocycles. The zero-order valence-corrected chi connectivity index (χ0v) is 17.4. The predicted molar refractivity (Wildman–Crippen MR) is 114 cm³/mol. The van der Waals surface area contributed by atoms with Crippen molar-refractivity contribution in [3.8, 4) is 0 Å². The van der Waals surface area contributed by atoms with Gasteiger partial charge in [0.05, 0.1) is 0 Å². The fourth-order valence-corrected chi connectivity index (χ4v) is 3.30. The molecule has 0 spiro atoms. The minimum Gasteiger partial charge on any atom is -0.439 e. The molecular weight excluding hydrogens is 358 g/mol. The Kier molecular flexibility index (Phi) is 5.65. The number of carbonyl (C=O) groups is 1. The number of hydrogen-bond acceptors (Lipinski definition) is 5. The molecule has 1 heterocycles. The zero-order chi connectivity index (χ0) is 19.6. The Labute approximate surface area is 165 Å². The lowest BCUT2D eigenvalue weighted by Crippen LogP contribution is -2.07. The molecule has 1 N–H and O–H groups in total. The third kappa shape index (κ3) is 4.38. The number of aromatic nitrogens is 1. The lowest BCUT2D eigenvalue weighted by Gasteiger charge is -2.12. The van der Waals surface area contributed by atoms with E-state index in [1.807, 2.05) is 26.1 Å². The molecule has 1 saturated carbocycles. The molecule has 1 aliphatic rings. The highest BCUT2D eigenvalue weighted by Crippen LogP contribution is 2.48. The van der Waals surface area contributed by atoms with Crippen molar-refractivity contribution in [1.29, 1.82) is 0 Å². The molecule has 144 valence electrons. The Morgan fingerprint density at radius 3 is 2.74 bits per heavy atom. The van der Waals surface area contributed by atoms with Gasteiger partial charge in [-0.05, 0) is 38.8 Å². The second kappa shape index (κ2) is 7.80. The van der Waals surface area contributed by atoms with Gasteiger partial charge in [0.15, 0.2) is 5.58 Å². The molecule has 0 bridgehead atoms. The number of hydrogen-bond donors (Lipinski definition) is 1. The second-order valence-corrected chi connectivity index (χ2v) is 8.63. The maximum atomic E-state index is 11.2. The average molecular weight is 386 g/mol. The van der Waals surface area contributed by atoms with Crippen LogP contribution in [0.2, 0.25) is 0 Å². The summed E-state index contributed by atoms with van der Waals surface area (Å²) in [5, 5.41) is 0. The Bertz CT molecular complexity index is 906. The first-order valence-corrected chi connectivity index (χ1v) is 10.2. The van der Waals surface area contributed by atoms with Crippen molar-refractivity contribution < 1.29 is 9.21 Å². The van der Waals surface area contributed by atoms with Crippen molar-refractivity contribution in [3.63, 3.8) is 0 Å². The van der Waals surface area contributed by atoms with Gasteiger partial charge in [-0.3, -0.25) is 4.79 Å². The quantitative estimate of drug-likeness (QED) is 0.377. The van der Waals surface area contributed by atoms with Crippen LogP contribution < -0.4 is 4.72 Å². The number of nitrogens with zero attached hydrogens (tertiary/aromatic N) is 2. The summed E-state index contributed by atoms with van der Waals surface area (Å²) < 4.78 is 9.61. The monoisotopic (exact) mass is 385 g/mol. The highest BCUT2D eigenvalue weighted by molar-refractivity contribution is 8.00. The SMILES string of the molecule is CCSNc1cc(/C(C=C(C)C)=C/N(C)C=O)c2oc(C3(C)CC3)nc2c1. The van der Waals surface area contributed by atoms with Gasteiger partial charge in [0.25, 0.3) is 0 Å². The summed E-state index contributed by atoms with van der Waals surface area (Å²) in [7, 11) is 1.73. The van der Waals surface area contributed by atoms with Crippen molar-refractivity contribution in [2.24, 2.45) is 0 Å². The maximum Gasteiger partial charge on any atom is 0.213 e. The van der Waals surface area contributed by atoms with Gasteiger partial charge in [-0.15, -0.1) is 0 Å². The van der Waals surface area contributed by atoms with Gasteiger partial charge < -0.3 is 14.0 Å². The molecule has 27 heavy (non-hydrogen) atoms. The first-order chi connectivity index (χ1) is 12.9. The molecule has 5 nitrogen and oxygen atoms in total. The van der Waals surface area contributed by atoms with Crippen LogP contribution in [0.1, 0.15) is 52.0 Å². The summed E-state index contributed by atoms with van der Waals surface area (Å²) in [6.45, 7) is 8.37. The third-order valence-corrected chi connectivity index (χ3v) is 5.27. The molecule has 0 radical (unpaired) electrons. The fraction of sp³-hybridized carbons (Fsp3) is 0.429. The number of carbonyl (C=O) groups excluding carboxylic acids is 1. The molecule has 1 aliphatic carbocycles. The van der Waals surface area contributed by atoms with Crippen LogP contribution in [0.15, 0.2) is 34.4 Å². The Balaban J connectivity index is 2.20. The molecule has 2 aromatic rings. The van der Waals surface area contributed by atoms with Crippen molar-refractivity contribution in [2.45, 2.75) is 46.0 Å². The number of anilines is 1. The summed E-state index contributed by atoms with van der Waals surface area (Å²) in [6.07, 6.45) is 6.90. The molecule has 3 rings (SSSR count). The lowest BCUT2D eigenvalue weighted by atomic mass is 10.0. The van der Waals surface area contributed by atoms with Crippen molar-refractivity contribution in [2.75, 3.05) is 17.5 Å². The Morgan fingerprint density at radius 1 is 1.41 bits per heavy atom. The minimum atomic E-state index is 0.0576. The lowest BCUT2D eigenvalue weighted by molar-refractivity contribution is -0.114. The highest BCUT2D eigenvalue weighted by atomic mass is 32.2. The average Bonchev–Trinajstić information content (AvgIpc) is 3.22. The van der Waals surface area contributed by atoms with Crippen molar-refractivity contribution in [3.05, 3.63) is 41.4 Å². The van der Waals surface area contributed by atoms with Crippen molar-refractivity contribution >= 4 is 40.7 Å². The van der Waals surface area contributed by atoms with Crippen LogP contribution in [-0.4, -0.2) is 29.1 Å². The van der Waals surface area contributed by atoms with Crippen LogP contribution in [0.4, 0.5) is 5.69 Å². The van der Waals surface area contributed by atoms with Crippen molar-refractivity contribution in [1.82, 2.24) is 9.88 Å². The summed E-state index contributed by atoms with van der Waals surface area (Å²) in [5.74, 6) is 1.76. The topological polar surface area (TPSA) is 58.4 Å². The summed E-state index contributed by atoms with van der Waals surface area (Å²) >= 11 is 1.64. The zero-order valence-electron chi connectivity index (χ0n) is 16.6. The van der Waals surface area contributed by atoms with E-state index < -0.39 is 0 Å². The van der Waals surface area contributed by atoms with Gasteiger partial charge in [0, 0.05) is 41.2 Å². The second-order valence-electron chi connectivity index (χ2n) is 7.56. The molecule has 0 atom stereocenters. The number of nitrogens with one attached hydrogen (secondary N) is 1. The van der Waals surface area contributed by atoms with Crippen LogP contribution in [0.3, 0.4) is 0 Å². The molecule has 1 fully saturated rings. The molecule has 0 saturated heterocycles. The van der Waals surface area contributed by atoms with Crippen LogP contribution in [-0.2, 0) is 10.2 Å². The largest absolute Gasteiger partial charge is 0.439 e. The van der Waals surface area contributed by atoms with Gasteiger partial charge >= 0.3 is 0 Å². The minimum absolute atomic E-state index is 0.0576. The summed E-state index contributed by atoms with van der Waals surface area (Å²) in [6, 6.07) is 4.10. The van der Waals surface area contributed by atoms with E-state index in [1.54, 1.807) is 19.0 Å². The van der Waals surface area contributed by atoms with Gasteiger partial charge in [-0.2, -0.15) is 0 Å². The predicted octanol–water partition coefficient (Wildman–Crippen LogP) is 5.35. The van der Waals surface area contributed by atoms with E-state index in [9.17, 15) is 4.79 Å². The van der Waals surface area contributed by atoms with E-state index in [0.717, 1.165) is 64.4 Å². The van der Waals surface area contributed by atoms with E-state index in [2.05, 4.69) is 30.7 Å². The standard InChI is InChI=1S/C21H27N3O2S/c1-6-27-23-16-10-17(15(9-14(2)3)12-24(5)13-25)19-18(11-16)22-20(26-19)21(4)7-8-21/h9-13,23H,6-8H2,1-5H3/b15-12+. The summed E-state index contributed by atoms with van der Waals surface area (Å²) in [5.41, 5.74) is 5.65. The Hall–Kier alpha value is -2.21. The molecule has 0 unspecified atom stereocenters. The normalized spacial score (nSPS) is 15.5. The first kappa shape index (κ1) is 19.5. The van der Waals surface area contributed by atoms with Crippen LogP contribution >= 0.6 is 11.9 Å². The van der Waals surface area contributed by atoms with E-state index in [0.29, 0.717) is 0 Å². The molecule has 1 amide bonds. The number of rotatable bonds is 8. The van der Waals surface area contributed by atoms with E-state index in [-0.39, 0.29) is 5.41 Å². The number of fused-ring (bicyclic) bond motifs is 1. The highest BCUT2D eigenvalue weighted by Gasteiger charge is 2.44. The smallest absolute Gasteiger partial charge is 0.213 e. The van der Waals surface area contributed by atoms with Gasteiger partial charge in [-0.25, -0.2) is 4.98 Å². The van der Waals surface area contributed by atoms with Gasteiger partial charge in [0.2, 0.25) is 12.3 Å². The van der Waals surface area contributed by atoms with E-state index in [1.165, 1.54) is 4.90 Å². The number of oxazole rings is 1. The van der Waals surface area contributed by atoms with E-state index >= 15 is 0 Å². The van der Waals surface area contributed by atoms with Crippen LogP contribution in [0, 0.1) is 0 Å². The number of benzene rings is 1. The molecule has 1 aromatic heterocycles. The Morgan fingerprint density at radius 2 is 2.15 bits per heavy atom. The fourth-order valence-electron chi connectivity index (χ4n) is 2.87. The number of allylic oxidation sites excluding steroid dienone is 3. The molecule has 1 aromatic carbocycles. The molecular formula is C21H27N3O2S. The maximum absolute atomic E-state index is 11.2. The summed E-state index contributed by atoms with van der Waals surface area (Å²) in [4.78, 5) is 17.5. The van der Waals surface area contributed by atoms with Crippen LogP contribution in [0.5, 0.6) is 0 Å². The molecule has 6 heteroatoms. The van der Waals surface area contributed by atoms with Gasteiger partial charge in [0.1, 0.15) is 5.52 Å². The van der Waals surface area contributed by atoms with Crippen LogP contribution in [0.25, 0.3) is 16.7 Å².